The smallest absolute Gasteiger partial charge is 0.181 e. The van der Waals surface area contributed by atoms with E-state index in [4.69, 9.17) is 15.4 Å². The first-order valence-electron chi connectivity index (χ1n) is 13.4. The highest BCUT2D eigenvalue weighted by Crippen LogP contribution is 2.19. The lowest BCUT2D eigenvalue weighted by Crippen LogP contribution is -3.00. The third-order valence-electron chi connectivity index (χ3n) is 5.98. The van der Waals surface area contributed by atoms with Gasteiger partial charge in [-0.1, -0.05) is 109 Å². The van der Waals surface area contributed by atoms with E-state index in [0.717, 1.165) is 0 Å². The molecule has 6 N–H and O–H groups in total. The summed E-state index contributed by atoms with van der Waals surface area (Å²) in [6.45, 7) is 0. The number of nitrogens with two attached hydrogens (primary N) is 3. The van der Waals surface area contributed by atoms with Crippen LogP contribution in [0.1, 0.15) is 0 Å². The molecule has 45 heavy (non-hydrogen) atoms. The summed E-state index contributed by atoms with van der Waals surface area (Å²) in [4.78, 5) is 7.08. The maximum atomic E-state index is 6.14. The van der Waals surface area contributed by atoms with Crippen molar-refractivity contribution in [3.05, 3.63) is 182 Å². The van der Waals surface area contributed by atoms with Crippen molar-refractivity contribution in [3.8, 4) is 0 Å². The Morgan fingerprint density at radius 2 is 0.333 bits per heavy atom. The average Bonchev–Trinajstić information content (AvgIpc) is 3.10. The summed E-state index contributed by atoms with van der Waals surface area (Å²) in [6.07, 6.45) is 0. The fourth-order valence-corrected chi connectivity index (χ4v) is 7.33. The van der Waals surface area contributed by atoms with Crippen LogP contribution in [-0.2, 0) is 33.2 Å². The number of halogens is 3. The van der Waals surface area contributed by atoms with Crippen LogP contribution in [0.15, 0.2) is 211 Å². The number of hydrogen-bond acceptors (Lipinski definition) is 3. The Kier molecular flexibility index (Phi) is 18.8. The van der Waals surface area contributed by atoms with Crippen LogP contribution in [0.25, 0.3) is 0 Å². The Morgan fingerprint density at radius 1 is 0.222 bits per heavy atom. The molecule has 0 atom stereocenters. The lowest BCUT2D eigenvalue weighted by Gasteiger charge is -1.99. The molecule has 0 saturated heterocycles. The molecule has 0 aliphatic carbocycles. The highest BCUT2D eigenvalue weighted by molar-refractivity contribution is 7.95. The van der Waals surface area contributed by atoms with Gasteiger partial charge in [-0.15, -0.1) is 15.4 Å². The zero-order valence-electron chi connectivity index (χ0n) is 24.4. The summed E-state index contributed by atoms with van der Waals surface area (Å²) >= 11 is -0.890. The van der Waals surface area contributed by atoms with Crippen molar-refractivity contribution in [2.45, 2.75) is 29.4 Å². The van der Waals surface area contributed by atoms with Gasteiger partial charge in [0.2, 0.25) is 0 Å². The molecule has 6 aromatic carbocycles. The van der Waals surface area contributed by atoms with Gasteiger partial charge >= 0.3 is 0 Å². The van der Waals surface area contributed by atoms with Crippen LogP contribution >= 0.6 is 0 Å². The Balaban J connectivity index is 0.000000327. The van der Waals surface area contributed by atoms with Gasteiger partial charge < -0.3 is 14.1 Å². The molecule has 0 fully saturated rings. The van der Waals surface area contributed by atoms with Crippen molar-refractivity contribution in [3.63, 3.8) is 0 Å². The van der Waals surface area contributed by atoms with Crippen molar-refractivity contribution in [1.82, 2.24) is 0 Å². The van der Waals surface area contributed by atoms with E-state index in [1.807, 2.05) is 109 Å². The molecule has 0 radical (unpaired) electrons. The Morgan fingerprint density at radius 3 is 0.444 bits per heavy atom. The van der Waals surface area contributed by atoms with E-state index in [2.05, 4.69) is 72.8 Å². The predicted molar refractivity (Wildman–Crippen MR) is 183 cm³/mol. The molecule has 9 heteroatoms. The molecule has 0 aliphatic rings. The van der Waals surface area contributed by atoms with Gasteiger partial charge in [-0.05, 0) is 72.8 Å². The number of rotatable bonds is 6. The van der Waals surface area contributed by atoms with E-state index in [1.165, 1.54) is 29.4 Å². The summed E-state index contributed by atoms with van der Waals surface area (Å²) in [7, 11) is 0. The SMILES string of the molecule is N[S+](c1ccccc1)c1ccccc1.N[S+](c1ccccc1)c1ccccc1.N[S+](c1ccccc1)c1ccccc1.[F-].[F-].[F-]. The molecule has 0 amide bonds. The minimum absolute atomic E-state index is 0. The summed E-state index contributed by atoms with van der Waals surface area (Å²) in [5.74, 6) is 0. The van der Waals surface area contributed by atoms with Crippen LogP contribution in [0.3, 0.4) is 0 Å². The third kappa shape index (κ3) is 12.5. The number of benzene rings is 6. The van der Waals surface area contributed by atoms with Gasteiger partial charge in [-0.25, -0.2) is 0 Å². The van der Waals surface area contributed by atoms with Crippen LogP contribution < -0.4 is 29.5 Å². The van der Waals surface area contributed by atoms with Crippen LogP contribution in [0.5, 0.6) is 0 Å². The molecule has 234 valence electrons. The van der Waals surface area contributed by atoms with E-state index in [0.29, 0.717) is 0 Å². The molecule has 0 heterocycles. The van der Waals surface area contributed by atoms with Crippen molar-refractivity contribution in [2.75, 3.05) is 0 Å². The lowest BCUT2D eigenvalue weighted by atomic mass is 10.4. The molecule has 6 aromatic rings. The maximum Gasteiger partial charge on any atom is 0.181 e. The quantitative estimate of drug-likeness (QED) is 0.196. The van der Waals surface area contributed by atoms with Crippen molar-refractivity contribution in [2.24, 2.45) is 15.4 Å². The van der Waals surface area contributed by atoms with Crippen molar-refractivity contribution in [1.29, 1.82) is 0 Å². The first-order chi connectivity index (χ1) is 20.6. The fourth-order valence-electron chi connectivity index (χ4n) is 3.81. The van der Waals surface area contributed by atoms with Gasteiger partial charge in [0.05, 0.1) is 0 Å². The van der Waals surface area contributed by atoms with E-state index < -0.39 is 0 Å². The molecule has 0 saturated carbocycles. The zero-order chi connectivity index (χ0) is 29.4. The second kappa shape index (κ2) is 21.7. The van der Waals surface area contributed by atoms with Crippen molar-refractivity contribution < 1.29 is 14.1 Å². The van der Waals surface area contributed by atoms with E-state index in [-0.39, 0.29) is 47.4 Å². The second-order valence-corrected chi connectivity index (χ2v) is 13.7. The van der Waals surface area contributed by atoms with Gasteiger partial charge in [0.1, 0.15) is 33.2 Å². The molecule has 0 aromatic heterocycles. The van der Waals surface area contributed by atoms with Crippen LogP contribution in [0, 0.1) is 0 Å². The number of hydrogen-bond donors (Lipinski definition) is 3. The first-order valence-corrected chi connectivity index (χ1v) is 17.3. The molecule has 6 rings (SSSR count). The third-order valence-corrected chi connectivity index (χ3v) is 10.7. The van der Waals surface area contributed by atoms with Gasteiger partial charge in [0.15, 0.2) is 29.4 Å². The molecular formula is C36H36F3N3S3. The molecule has 0 bridgehead atoms. The van der Waals surface area contributed by atoms with Crippen LogP contribution in [0.2, 0.25) is 0 Å². The van der Waals surface area contributed by atoms with E-state index in [1.54, 1.807) is 0 Å². The fraction of sp³-hybridized carbons (Fsp3) is 0. The standard InChI is InChI=1S/3C12H12NS.3FH/c3*13-14(11-7-3-1-4-8-11)12-9-5-2-6-10-12;;;/h3*1-10H,13H2;3*1H/q3*+1;;;/p-3. The average molecular weight is 664 g/mol. The Bertz CT molecular complexity index is 1250. The topological polar surface area (TPSA) is 78.1 Å². The highest BCUT2D eigenvalue weighted by Gasteiger charge is 2.21. The minimum Gasteiger partial charge on any atom is -1.00 e. The Labute approximate surface area is 273 Å². The highest BCUT2D eigenvalue weighted by atomic mass is 32.2. The van der Waals surface area contributed by atoms with Gasteiger partial charge in [-0.2, -0.15) is 0 Å². The summed E-state index contributed by atoms with van der Waals surface area (Å²) < 4.78 is 0. The molecule has 0 spiro atoms. The lowest BCUT2D eigenvalue weighted by molar-refractivity contribution is -0.00100. The van der Waals surface area contributed by atoms with E-state index >= 15 is 0 Å². The normalized spacial score (nSPS) is 9.73. The second-order valence-electron chi connectivity index (χ2n) is 8.89. The van der Waals surface area contributed by atoms with Gasteiger partial charge in [0, 0.05) is 0 Å². The van der Waals surface area contributed by atoms with Gasteiger partial charge in [-0.3, -0.25) is 0 Å². The summed E-state index contributed by atoms with van der Waals surface area (Å²) in [5.41, 5.74) is 0. The van der Waals surface area contributed by atoms with Crippen LogP contribution in [0.4, 0.5) is 0 Å². The monoisotopic (exact) mass is 663 g/mol. The molecule has 0 aliphatic heterocycles. The largest absolute Gasteiger partial charge is 1.00 e. The Hall–Kier alpha value is -3.96. The zero-order valence-corrected chi connectivity index (χ0v) is 26.9. The maximum absolute atomic E-state index is 6.14. The summed E-state index contributed by atoms with van der Waals surface area (Å²) in [5, 5.41) is 18.4. The van der Waals surface area contributed by atoms with Gasteiger partial charge in [0.25, 0.3) is 0 Å². The van der Waals surface area contributed by atoms with Crippen molar-refractivity contribution >= 4 is 33.2 Å². The van der Waals surface area contributed by atoms with E-state index in [9.17, 15) is 0 Å². The predicted octanol–water partition coefficient (Wildman–Crippen LogP) is -1.20. The summed E-state index contributed by atoms with van der Waals surface area (Å²) in [6, 6.07) is 61.0. The first kappa shape index (κ1) is 39.1. The minimum atomic E-state index is -0.297. The molecular weight excluding hydrogens is 628 g/mol. The van der Waals surface area contributed by atoms with Crippen LogP contribution in [-0.4, -0.2) is 0 Å². The molecule has 0 unspecified atom stereocenters. The molecule has 3 nitrogen and oxygen atoms in total.